The number of aryl methyl sites for hydroxylation is 1. The molecule has 0 saturated carbocycles. The lowest BCUT2D eigenvalue weighted by atomic mass is 10.1. The quantitative estimate of drug-likeness (QED) is 0.397. The van der Waals surface area contributed by atoms with E-state index in [-0.39, 0.29) is 5.82 Å². The Labute approximate surface area is 145 Å². The van der Waals surface area contributed by atoms with Gasteiger partial charge in [0.15, 0.2) is 0 Å². The zero-order valence-corrected chi connectivity index (χ0v) is 13.8. The number of ether oxygens (including phenoxy) is 1. The molecule has 25 heavy (non-hydrogen) atoms. The summed E-state index contributed by atoms with van der Waals surface area (Å²) in [6.07, 6.45) is 1.24. The summed E-state index contributed by atoms with van der Waals surface area (Å²) in [5.41, 5.74) is 1.31. The normalized spacial score (nSPS) is 11.0. The molecule has 0 aliphatic carbocycles. The molecular formula is C18H11FN2O3S. The van der Waals surface area contributed by atoms with Gasteiger partial charge in [0.2, 0.25) is 12.3 Å². The molecule has 4 rings (SSSR count). The van der Waals surface area contributed by atoms with E-state index < -0.39 is 5.97 Å². The Morgan fingerprint density at radius 3 is 2.68 bits per heavy atom. The third-order valence-electron chi connectivity index (χ3n) is 3.76. The molecule has 0 atom stereocenters. The molecule has 124 valence electrons. The Morgan fingerprint density at radius 2 is 2.00 bits per heavy atom. The molecule has 0 N–H and O–H groups in total. The summed E-state index contributed by atoms with van der Waals surface area (Å²) in [6.45, 7) is 1.72. The van der Waals surface area contributed by atoms with Gasteiger partial charge < -0.3 is 9.15 Å². The lowest BCUT2D eigenvalue weighted by Crippen LogP contribution is -2.07. The fraction of sp³-hybridized carbons (Fsp3) is 0.0556. The van der Waals surface area contributed by atoms with Crippen molar-refractivity contribution in [1.82, 2.24) is 10.2 Å². The van der Waals surface area contributed by atoms with E-state index in [1.54, 1.807) is 43.3 Å². The second kappa shape index (κ2) is 6.10. The standard InChI is InChI=1S/C18H11FN2O3S/c1-10-15-13(19)3-2-4-14(15)25-16(10)18(22)24-12-7-5-11(6-8-12)17-21-20-9-23-17/h2-9H,1H3. The third-order valence-corrected chi connectivity index (χ3v) is 5.00. The molecule has 2 heterocycles. The summed E-state index contributed by atoms with van der Waals surface area (Å²) in [5, 5.41) is 7.89. The van der Waals surface area contributed by atoms with Crippen LogP contribution in [0.25, 0.3) is 21.5 Å². The topological polar surface area (TPSA) is 65.2 Å². The molecule has 0 unspecified atom stereocenters. The zero-order chi connectivity index (χ0) is 17.4. The fourth-order valence-electron chi connectivity index (χ4n) is 2.57. The maximum absolute atomic E-state index is 14.0. The van der Waals surface area contributed by atoms with Crippen LogP contribution in [0.1, 0.15) is 15.2 Å². The van der Waals surface area contributed by atoms with Crippen LogP contribution >= 0.6 is 11.3 Å². The van der Waals surface area contributed by atoms with Crippen LogP contribution in [-0.2, 0) is 0 Å². The average molecular weight is 354 g/mol. The van der Waals surface area contributed by atoms with Gasteiger partial charge in [0.1, 0.15) is 16.4 Å². The van der Waals surface area contributed by atoms with E-state index in [0.717, 1.165) is 10.3 Å². The molecule has 0 aliphatic heterocycles. The molecule has 0 saturated heterocycles. The number of aromatic nitrogens is 2. The summed E-state index contributed by atoms with van der Waals surface area (Å²) < 4.78 is 25.2. The Balaban J connectivity index is 1.60. The van der Waals surface area contributed by atoms with Crippen molar-refractivity contribution in [2.45, 2.75) is 6.92 Å². The first kappa shape index (κ1) is 15.5. The first-order chi connectivity index (χ1) is 12.1. The highest BCUT2D eigenvalue weighted by Crippen LogP contribution is 2.33. The van der Waals surface area contributed by atoms with Gasteiger partial charge in [-0.25, -0.2) is 9.18 Å². The molecule has 4 aromatic rings. The third kappa shape index (κ3) is 2.78. The van der Waals surface area contributed by atoms with Crippen LogP contribution in [0.3, 0.4) is 0 Å². The zero-order valence-electron chi connectivity index (χ0n) is 13.0. The number of benzene rings is 2. The molecule has 7 heteroatoms. The Morgan fingerprint density at radius 1 is 1.20 bits per heavy atom. The number of halogens is 1. The number of hydrogen-bond acceptors (Lipinski definition) is 6. The van der Waals surface area contributed by atoms with Crippen molar-refractivity contribution in [3.05, 3.63) is 65.1 Å². The average Bonchev–Trinajstić information content (AvgIpc) is 3.25. The largest absolute Gasteiger partial charge is 0.423 e. The van der Waals surface area contributed by atoms with Crippen molar-refractivity contribution in [1.29, 1.82) is 0 Å². The molecule has 0 spiro atoms. The van der Waals surface area contributed by atoms with E-state index in [1.807, 2.05) is 0 Å². The van der Waals surface area contributed by atoms with E-state index >= 15 is 0 Å². The van der Waals surface area contributed by atoms with E-state index in [0.29, 0.717) is 27.5 Å². The van der Waals surface area contributed by atoms with Crippen LogP contribution in [0.2, 0.25) is 0 Å². The predicted molar refractivity (Wildman–Crippen MR) is 91.2 cm³/mol. The number of fused-ring (bicyclic) bond motifs is 1. The minimum Gasteiger partial charge on any atom is -0.423 e. The molecule has 0 radical (unpaired) electrons. The molecule has 0 amide bonds. The Bertz CT molecular complexity index is 1060. The van der Waals surface area contributed by atoms with E-state index in [4.69, 9.17) is 9.15 Å². The van der Waals surface area contributed by atoms with Gasteiger partial charge >= 0.3 is 5.97 Å². The first-order valence-corrected chi connectivity index (χ1v) is 8.21. The first-order valence-electron chi connectivity index (χ1n) is 7.40. The van der Waals surface area contributed by atoms with Crippen LogP contribution in [0.15, 0.2) is 53.3 Å². The number of thiophene rings is 1. The van der Waals surface area contributed by atoms with Crippen molar-refractivity contribution in [3.8, 4) is 17.2 Å². The predicted octanol–water partition coefficient (Wildman–Crippen LogP) is 4.62. The van der Waals surface area contributed by atoms with Crippen LogP contribution in [0.5, 0.6) is 5.75 Å². The van der Waals surface area contributed by atoms with Gasteiger partial charge in [-0.1, -0.05) is 6.07 Å². The number of nitrogens with zero attached hydrogens (tertiary/aromatic N) is 2. The monoisotopic (exact) mass is 354 g/mol. The second-order valence-corrected chi connectivity index (χ2v) is 6.38. The highest BCUT2D eigenvalue weighted by atomic mass is 32.1. The van der Waals surface area contributed by atoms with Crippen molar-refractivity contribution >= 4 is 27.4 Å². The lowest BCUT2D eigenvalue weighted by Gasteiger charge is -2.04. The van der Waals surface area contributed by atoms with Crippen LogP contribution in [0.4, 0.5) is 4.39 Å². The maximum atomic E-state index is 14.0. The van der Waals surface area contributed by atoms with Crippen LogP contribution < -0.4 is 4.74 Å². The minimum atomic E-state index is -0.511. The number of carbonyl (C=O) groups excluding carboxylic acids is 1. The van der Waals surface area contributed by atoms with Gasteiger partial charge in [-0.15, -0.1) is 21.5 Å². The number of rotatable bonds is 3. The molecule has 2 aromatic heterocycles. The summed E-state index contributed by atoms with van der Waals surface area (Å²) >= 11 is 1.22. The van der Waals surface area contributed by atoms with Gasteiger partial charge in [0.25, 0.3) is 0 Å². The smallest absolute Gasteiger partial charge is 0.354 e. The van der Waals surface area contributed by atoms with Gasteiger partial charge in [0, 0.05) is 15.6 Å². The molecule has 5 nitrogen and oxygen atoms in total. The van der Waals surface area contributed by atoms with Gasteiger partial charge in [0.05, 0.1) is 0 Å². The summed E-state index contributed by atoms with van der Waals surface area (Å²) in [6, 6.07) is 11.5. The van der Waals surface area contributed by atoms with Crippen molar-refractivity contribution in [3.63, 3.8) is 0 Å². The van der Waals surface area contributed by atoms with Gasteiger partial charge in [-0.3, -0.25) is 0 Å². The SMILES string of the molecule is Cc1c(C(=O)Oc2ccc(-c3nnco3)cc2)sc2cccc(F)c12. The Kier molecular flexibility index (Phi) is 3.77. The fourth-order valence-corrected chi connectivity index (χ4v) is 3.67. The highest BCUT2D eigenvalue weighted by Gasteiger charge is 2.19. The molecule has 2 aromatic carbocycles. The van der Waals surface area contributed by atoms with Crippen molar-refractivity contribution in [2.24, 2.45) is 0 Å². The number of carbonyl (C=O) groups is 1. The number of hydrogen-bond donors (Lipinski definition) is 0. The summed E-state index contributed by atoms with van der Waals surface area (Å²) in [7, 11) is 0. The molecular weight excluding hydrogens is 343 g/mol. The van der Waals surface area contributed by atoms with Crippen LogP contribution in [0, 0.1) is 12.7 Å². The Hall–Kier alpha value is -3.06. The van der Waals surface area contributed by atoms with Gasteiger partial charge in [-0.05, 0) is 48.9 Å². The van der Waals surface area contributed by atoms with Crippen molar-refractivity contribution < 1.29 is 18.3 Å². The molecule has 0 fully saturated rings. The molecule has 0 aliphatic rings. The highest BCUT2D eigenvalue weighted by molar-refractivity contribution is 7.21. The maximum Gasteiger partial charge on any atom is 0.354 e. The lowest BCUT2D eigenvalue weighted by molar-refractivity contribution is 0.0739. The van der Waals surface area contributed by atoms with E-state index in [2.05, 4.69) is 10.2 Å². The van der Waals surface area contributed by atoms with Gasteiger partial charge in [-0.2, -0.15) is 0 Å². The van der Waals surface area contributed by atoms with Crippen molar-refractivity contribution in [2.75, 3.05) is 0 Å². The number of esters is 1. The van der Waals surface area contributed by atoms with E-state index in [1.165, 1.54) is 23.8 Å². The minimum absolute atomic E-state index is 0.339. The summed E-state index contributed by atoms with van der Waals surface area (Å²) in [4.78, 5) is 12.8. The molecule has 0 bridgehead atoms. The van der Waals surface area contributed by atoms with E-state index in [9.17, 15) is 9.18 Å². The van der Waals surface area contributed by atoms with Crippen LogP contribution in [-0.4, -0.2) is 16.2 Å². The summed E-state index contributed by atoms with van der Waals surface area (Å²) in [5.74, 6) is -0.0860. The second-order valence-electron chi connectivity index (χ2n) is 5.33.